The number of aromatic nitrogens is 3. The van der Waals surface area contributed by atoms with Crippen molar-refractivity contribution in [1.82, 2.24) is 14.5 Å². The Morgan fingerprint density at radius 1 is 1.38 bits per heavy atom. The number of H-pyrrole nitrogens is 2. The molecule has 2 aromatic heterocycles. The lowest BCUT2D eigenvalue weighted by Crippen LogP contribution is -2.30. The van der Waals surface area contributed by atoms with Gasteiger partial charge in [-0.05, 0) is 18.3 Å². The molecule has 0 spiro atoms. The van der Waals surface area contributed by atoms with E-state index < -0.39 is 43.7 Å². The predicted octanol–water partition coefficient (Wildman–Crippen LogP) is 1.60. The molecule has 1 amide bonds. The van der Waals surface area contributed by atoms with E-state index in [1.54, 1.807) is 0 Å². The first-order valence-corrected chi connectivity index (χ1v) is 7.00. The highest BCUT2D eigenvalue weighted by molar-refractivity contribution is 7.71. The number of hydrogen-bond donors (Lipinski definition) is 3. The van der Waals surface area contributed by atoms with Crippen LogP contribution >= 0.6 is 12.2 Å². The van der Waals surface area contributed by atoms with E-state index in [1.165, 1.54) is 16.8 Å². The fourth-order valence-corrected chi connectivity index (χ4v) is 2.43. The van der Waals surface area contributed by atoms with Gasteiger partial charge in [0.2, 0.25) is 0 Å². The van der Waals surface area contributed by atoms with E-state index in [2.05, 4.69) is 19.4 Å². The molecule has 12 heteroatoms. The van der Waals surface area contributed by atoms with Crippen molar-refractivity contribution in [3.63, 3.8) is 0 Å². The predicted molar refractivity (Wildman–Crippen MR) is 79.2 cm³/mol. The van der Waals surface area contributed by atoms with Crippen LogP contribution in [0, 0.1) is 4.77 Å². The van der Waals surface area contributed by atoms with E-state index in [-0.39, 0.29) is 10.3 Å². The van der Waals surface area contributed by atoms with Crippen molar-refractivity contribution < 1.29 is 27.4 Å². The first-order valence-electron chi connectivity index (χ1n) is 6.59. The molecule has 0 saturated heterocycles. The van der Waals surface area contributed by atoms with Crippen molar-refractivity contribution in [3.05, 3.63) is 27.4 Å². The Hall–Kier alpha value is -2.34. The maximum absolute atomic E-state index is 13.0. The van der Waals surface area contributed by atoms with E-state index in [0.717, 1.165) is 0 Å². The number of nitrogens with one attached hydrogen (secondary N) is 2. The Balaban J connectivity index is 2.39. The number of nitrogens with two attached hydrogens (primary N) is 1. The number of carbonyl (C=O) groups is 1. The van der Waals surface area contributed by atoms with Gasteiger partial charge in [0.1, 0.15) is 12.1 Å². The largest absolute Gasteiger partial charge is 0.447 e. The molecule has 0 radical (unpaired) electrons. The highest BCUT2D eigenvalue weighted by Crippen LogP contribution is 2.18. The summed E-state index contributed by atoms with van der Waals surface area (Å²) in [6.45, 7) is -1.02. The molecule has 2 rings (SSSR count). The summed E-state index contributed by atoms with van der Waals surface area (Å²) >= 11 is 5.04. The Kier molecular flexibility index (Phi) is 5.62. The Morgan fingerprint density at radius 2 is 2.08 bits per heavy atom. The fourth-order valence-electron chi connectivity index (χ4n) is 2.09. The van der Waals surface area contributed by atoms with Crippen LogP contribution in [0.5, 0.6) is 0 Å². The zero-order chi connectivity index (χ0) is 17.9. The highest BCUT2D eigenvalue weighted by Gasteiger charge is 2.24. The minimum absolute atomic E-state index is 0.0822. The minimum atomic E-state index is -3.33. The molecular weight excluding hydrogens is 353 g/mol. The molecule has 2 heterocycles. The van der Waals surface area contributed by atoms with E-state index >= 15 is 0 Å². The van der Waals surface area contributed by atoms with Crippen molar-refractivity contribution in [2.24, 2.45) is 5.73 Å². The number of aromatic amines is 2. The smallest absolute Gasteiger partial charge is 0.404 e. The van der Waals surface area contributed by atoms with Gasteiger partial charge in [-0.25, -0.2) is 18.0 Å². The Bertz CT molecular complexity index is 834. The average molecular weight is 366 g/mol. The molecule has 0 aromatic carbocycles. The molecule has 8 nitrogen and oxygen atoms in total. The average Bonchev–Trinajstić information content (AvgIpc) is 2.98. The van der Waals surface area contributed by atoms with Crippen LogP contribution in [0.3, 0.4) is 0 Å². The summed E-state index contributed by atoms with van der Waals surface area (Å²) in [5, 5.41) is 0. The summed E-state index contributed by atoms with van der Waals surface area (Å²) in [6.07, 6.45) is -5.82. The molecular formula is C12H13F3N4O4S. The van der Waals surface area contributed by atoms with Gasteiger partial charge in [-0.2, -0.15) is 0 Å². The number of hydrogen-bond acceptors (Lipinski definition) is 5. The quantitative estimate of drug-likeness (QED) is 0.644. The Morgan fingerprint density at radius 3 is 2.71 bits per heavy atom. The van der Waals surface area contributed by atoms with Crippen LogP contribution in [0.1, 0.15) is 6.04 Å². The van der Waals surface area contributed by atoms with Crippen molar-refractivity contribution in [1.29, 1.82) is 0 Å². The first-order chi connectivity index (χ1) is 11.3. The van der Waals surface area contributed by atoms with Gasteiger partial charge >= 0.3 is 6.09 Å². The molecule has 132 valence electrons. The molecule has 0 bridgehead atoms. The third-order valence-electron chi connectivity index (χ3n) is 3.08. The van der Waals surface area contributed by atoms with Crippen molar-refractivity contribution in [2.75, 3.05) is 13.2 Å². The van der Waals surface area contributed by atoms with Crippen LogP contribution in [0.25, 0.3) is 11.0 Å². The van der Waals surface area contributed by atoms with E-state index in [0.29, 0.717) is 5.52 Å². The SMILES string of the molecule is NC(=O)OCC(COC(F)C(F)F)n1c(=S)[nH]c(=O)c2[nH]ccc21. The van der Waals surface area contributed by atoms with Gasteiger partial charge in [-0.3, -0.25) is 9.78 Å². The second-order valence-electron chi connectivity index (χ2n) is 4.67. The summed E-state index contributed by atoms with van der Waals surface area (Å²) in [7, 11) is 0. The van der Waals surface area contributed by atoms with Crippen LogP contribution in [0.2, 0.25) is 0 Å². The van der Waals surface area contributed by atoms with Crippen molar-refractivity contribution >= 4 is 29.3 Å². The van der Waals surface area contributed by atoms with Gasteiger partial charge < -0.3 is 24.8 Å². The second kappa shape index (κ2) is 7.49. The van der Waals surface area contributed by atoms with Gasteiger partial charge in [-0.15, -0.1) is 0 Å². The number of alkyl halides is 3. The molecule has 2 unspecified atom stereocenters. The summed E-state index contributed by atoms with van der Waals surface area (Å²) in [5.41, 5.74) is 4.84. The molecule has 0 aliphatic rings. The number of carbonyl (C=O) groups excluding carboxylic acids is 1. The summed E-state index contributed by atoms with van der Waals surface area (Å²) in [5.74, 6) is 0. The third-order valence-corrected chi connectivity index (χ3v) is 3.38. The van der Waals surface area contributed by atoms with Gasteiger partial charge in [-0.1, -0.05) is 0 Å². The third kappa shape index (κ3) is 3.94. The van der Waals surface area contributed by atoms with E-state index in [4.69, 9.17) is 18.0 Å². The molecule has 0 aliphatic heterocycles. The summed E-state index contributed by atoms with van der Waals surface area (Å²) in [4.78, 5) is 27.6. The maximum atomic E-state index is 13.0. The number of halogens is 3. The van der Waals surface area contributed by atoms with Crippen molar-refractivity contribution in [3.8, 4) is 0 Å². The number of ether oxygens (including phenoxy) is 2. The lowest BCUT2D eigenvalue weighted by Gasteiger charge is -2.22. The minimum Gasteiger partial charge on any atom is -0.447 e. The number of primary amides is 1. The molecule has 0 saturated carbocycles. The number of fused-ring (bicyclic) bond motifs is 1. The molecule has 4 N–H and O–H groups in total. The van der Waals surface area contributed by atoms with Gasteiger partial charge in [0.25, 0.3) is 18.3 Å². The van der Waals surface area contributed by atoms with Gasteiger partial charge in [0, 0.05) is 6.20 Å². The molecule has 2 aromatic rings. The molecule has 0 aliphatic carbocycles. The van der Waals surface area contributed by atoms with E-state index in [9.17, 15) is 22.8 Å². The summed E-state index contributed by atoms with van der Waals surface area (Å²) in [6, 6.07) is 0.509. The van der Waals surface area contributed by atoms with Crippen LogP contribution in [0.15, 0.2) is 17.1 Å². The summed E-state index contributed by atoms with van der Waals surface area (Å²) < 4.78 is 47.8. The van der Waals surface area contributed by atoms with Crippen LogP contribution in [0.4, 0.5) is 18.0 Å². The lowest BCUT2D eigenvalue weighted by atomic mass is 10.3. The fraction of sp³-hybridized carbons (Fsp3) is 0.417. The zero-order valence-electron chi connectivity index (χ0n) is 12.0. The number of rotatable bonds is 7. The highest BCUT2D eigenvalue weighted by atomic mass is 32.1. The molecule has 0 fully saturated rings. The lowest BCUT2D eigenvalue weighted by molar-refractivity contribution is -0.136. The van der Waals surface area contributed by atoms with Crippen molar-refractivity contribution in [2.45, 2.75) is 18.8 Å². The topological polar surface area (TPSA) is 115 Å². The van der Waals surface area contributed by atoms with E-state index in [1.807, 2.05) is 0 Å². The van der Waals surface area contributed by atoms with Gasteiger partial charge in [0.15, 0.2) is 4.77 Å². The van der Waals surface area contributed by atoms with Gasteiger partial charge in [0.05, 0.1) is 18.2 Å². The Labute approximate surface area is 137 Å². The van der Waals surface area contributed by atoms with Crippen LogP contribution in [-0.4, -0.2) is 46.6 Å². The van der Waals surface area contributed by atoms with Crippen LogP contribution in [-0.2, 0) is 9.47 Å². The number of amides is 1. The normalized spacial score (nSPS) is 14.0. The maximum Gasteiger partial charge on any atom is 0.404 e. The van der Waals surface area contributed by atoms with Crippen LogP contribution < -0.4 is 11.3 Å². The molecule has 2 atom stereocenters. The first kappa shape index (κ1) is 18.0. The second-order valence-corrected chi connectivity index (χ2v) is 5.06. The molecule has 24 heavy (non-hydrogen) atoms. The standard InChI is InChI=1S/C12H13F3N4O4S/c13-8(14)9(15)22-3-5(4-23-11(16)21)19-6-1-2-17-7(6)10(20)18-12(19)24/h1-2,5,8-9,17H,3-4H2,(H2,16,21)(H,18,20,24). The monoisotopic (exact) mass is 366 g/mol. The number of nitrogens with zero attached hydrogens (tertiary/aromatic N) is 1. The zero-order valence-corrected chi connectivity index (χ0v) is 12.8.